The van der Waals surface area contributed by atoms with Crippen molar-refractivity contribution in [3.05, 3.63) is 106 Å². The van der Waals surface area contributed by atoms with E-state index in [1.54, 1.807) is 24.3 Å². The van der Waals surface area contributed by atoms with Crippen molar-refractivity contribution in [2.75, 3.05) is 11.5 Å². The Balaban J connectivity index is 1.43. The number of rotatable bonds is 8. The predicted octanol–water partition coefficient (Wildman–Crippen LogP) is 6.64. The van der Waals surface area contributed by atoms with Gasteiger partial charge in [0.1, 0.15) is 23.7 Å². The van der Waals surface area contributed by atoms with Gasteiger partial charge in [-0.1, -0.05) is 65.3 Å². The number of hydrogen-bond donors (Lipinski definition) is 1. The van der Waals surface area contributed by atoms with Gasteiger partial charge in [0.2, 0.25) is 0 Å². The monoisotopic (exact) mass is 584 g/mol. The summed E-state index contributed by atoms with van der Waals surface area (Å²) < 4.78 is 12.7. The number of carbonyl (C=O) groups is 3. The van der Waals surface area contributed by atoms with E-state index < -0.39 is 17.8 Å². The molecular weight excluding hydrogens is 560 g/mol. The lowest BCUT2D eigenvalue weighted by Crippen LogP contribution is -2.54. The second-order valence-electron chi connectivity index (χ2n) is 8.91. The quantitative estimate of drug-likeness (QED) is 0.185. The maximum absolute atomic E-state index is 13.5. The molecule has 7 nitrogen and oxygen atoms in total. The zero-order valence-corrected chi connectivity index (χ0v) is 22.7. The molecule has 1 saturated heterocycles. The Morgan fingerprint density at radius 2 is 1.62 bits per heavy atom. The molecule has 0 spiro atoms. The van der Waals surface area contributed by atoms with Crippen LogP contribution in [0.3, 0.4) is 0 Å². The van der Waals surface area contributed by atoms with E-state index in [4.69, 9.17) is 9.47 Å². The van der Waals surface area contributed by atoms with Gasteiger partial charge < -0.3 is 9.47 Å². The lowest BCUT2D eigenvalue weighted by Gasteiger charge is -2.26. The molecule has 0 saturated carbocycles. The SMILES string of the molecule is CCCOc1ccc2ccccc2c1/C=C1\C(=O)NC(=O)N(c2ccc(OCc3ccc(Br)cc3)cc2)C1=O. The Hall–Kier alpha value is -4.43. The summed E-state index contributed by atoms with van der Waals surface area (Å²) in [5.74, 6) is -0.349. The smallest absolute Gasteiger partial charge is 0.335 e. The molecule has 1 fully saturated rings. The first-order valence-corrected chi connectivity index (χ1v) is 13.3. The van der Waals surface area contributed by atoms with E-state index in [9.17, 15) is 14.4 Å². The standard InChI is InChI=1S/C31H25BrN2O5/c1-2-17-38-28-16-9-21-5-3-4-6-25(21)26(28)18-27-29(35)33-31(37)34(30(27)36)23-12-14-24(15-13-23)39-19-20-7-10-22(32)11-8-20/h3-16,18H,2,17,19H2,1H3,(H,33,35,37)/b27-18+. The fraction of sp³-hybridized carbons (Fsp3) is 0.129. The van der Waals surface area contributed by atoms with Crippen molar-refractivity contribution in [2.45, 2.75) is 20.0 Å². The van der Waals surface area contributed by atoms with Crippen LogP contribution in [0.1, 0.15) is 24.5 Å². The molecule has 0 aromatic heterocycles. The number of fused-ring (bicyclic) bond motifs is 1. The predicted molar refractivity (Wildman–Crippen MR) is 154 cm³/mol. The molecule has 4 aromatic rings. The van der Waals surface area contributed by atoms with Gasteiger partial charge in [0.25, 0.3) is 11.8 Å². The molecule has 4 amide bonds. The van der Waals surface area contributed by atoms with Gasteiger partial charge in [-0.3, -0.25) is 14.9 Å². The number of hydrogen-bond acceptors (Lipinski definition) is 5. The van der Waals surface area contributed by atoms with Crippen molar-refractivity contribution in [1.82, 2.24) is 5.32 Å². The van der Waals surface area contributed by atoms with Gasteiger partial charge in [0.05, 0.1) is 12.3 Å². The fourth-order valence-corrected chi connectivity index (χ4v) is 4.50. The van der Waals surface area contributed by atoms with Crippen LogP contribution in [0.4, 0.5) is 10.5 Å². The number of urea groups is 1. The third-order valence-electron chi connectivity index (χ3n) is 6.20. The van der Waals surface area contributed by atoms with E-state index >= 15 is 0 Å². The average Bonchev–Trinajstić information content (AvgIpc) is 2.94. The van der Waals surface area contributed by atoms with Gasteiger partial charge in [-0.25, -0.2) is 9.69 Å². The molecule has 1 heterocycles. The Labute approximate surface area is 234 Å². The van der Waals surface area contributed by atoms with Crippen LogP contribution in [-0.4, -0.2) is 24.5 Å². The molecule has 0 atom stereocenters. The third-order valence-corrected chi connectivity index (χ3v) is 6.73. The summed E-state index contributed by atoms with van der Waals surface area (Å²) in [5, 5.41) is 4.05. The number of carbonyl (C=O) groups excluding carboxylic acids is 3. The molecule has 1 N–H and O–H groups in total. The summed E-state index contributed by atoms with van der Waals surface area (Å²) >= 11 is 3.41. The van der Waals surface area contributed by atoms with Crippen molar-refractivity contribution < 1.29 is 23.9 Å². The second kappa shape index (κ2) is 11.5. The summed E-state index contributed by atoms with van der Waals surface area (Å²) in [6.07, 6.45) is 2.30. The average molecular weight is 585 g/mol. The lowest BCUT2D eigenvalue weighted by atomic mass is 9.99. The van der Waals surface area contributed by atoms with Crippen molar-refractivity contribution in [3.63, 3.8) is 0 Å². The molecule has 1 aliphatic heterocycles. The largest absolute Gasteiger partial charge is 0.493 e. The van der Waals surface area contributed by atoms with Crippen molar-refractivity contribution in [3.8, 4) is 11.5 Å². The first kappa shape index (κ1) is 26.2. The highest BCUT2D eigenvalue weighted by Gasteiger charge is 2.37. The van der Waals surface area contributed by atoms with E-state index in [1.165, 1.54) is 6.08 Å². The molecule has 0 bridgehead atoms. The summed E-state index contributed by atoms with van der Waals surface area (Å²) in [5.41, 5.74) is 1.75. The van der Waals surface area contributed by atoms with Gasteiger partial charge in [0.15, 0.2) is 0 Å². The Morgan fingerprint density at radius 3 is 2.36 bits per heavy atom. The van der Waals surface area contributed by atoms with Crippen LogP contribution in [-0.2, 0) is 16.2 Å². The molecule has 196 valence electrons. The highest BCUT2D eigenvalue weighted by molar-refractivity contribution is 9.10. The normalized spacial score (nSPS) is 14.6. The van der Waals surface area contributed by atoms with Crippen LogP contribution in [0, 0.1) is 0 Å². The van der Waals surface area contributed by atoms with E-state index in [2.05, 4.69) is 21.2 Å². The topological polar surface area (TPSA) is 84.9 Å². The summed E-state index contributed by atoms with van der Waals surface area (Å²) in [7, 11) is 0. The number of anilines is 1. The minimum Gasteiger partial charge on any atom is -0.493 e. The first-order valence-electron chi connectivity index (χ1n) is 12.5. The first-order chi connectivity index (χ1) is 18.9. The van der Waals surface area contributed by atoms with Gasteiger partial charge in [-0.15, -0.1) is 0 Å². The number of halogens is 1. The van der Waals surface area contributed by atoms with E-state index in [0.29, 0.717) is 36.0 Å². The number of ether oxygens (including phenoxy) is 2. The molecular formula is C31H25BrN2O5. The van der Waals surface area contributed by atoms with Crippen LogP contribution in [0.5, 0.6) is 11.5 Å². The van der Waals surface area contributed by atoms with Crippen molar-refractivity contribution in [1.29, 1.82) is 0 Å². The third kappa shape index (κ3) is 5.71. The fourth-order valence-electron chi connectivity index (χ4n) is 4.24. The maximum atomic E-state index is 13.5. The van der Waals surface area contributed by atoms with Crippen molar-refractivity contribution >= 4 is 56.3 Å². The molecule has 0 aliphatic carbocycles. The van der Waals surface area contributed by atoms with Crippen LogP contribution in [0.2, 0.25) is 0 Å². The number of nitrogens with one attached hydrogen (secondary N) is 1. The highest BCUT2D eigenvalue weighted by Crippen LogP contribution is 2.32. The molecule has 8 heteroatoms. The molecule has 4 aromatic carbocycles. The van der Waals surface area contributed by atoms with Crippen LogP contribution < -0.4 is 19.7 Å². The summed E-state index contributed by atoms with van der Waals surface area (Å²) in [6.45, 7) is 2.85. The molecule has 1 aliphatic rings. The second-order valence-corrected chi connectivity index (χ2v) is 9.83. The number of nitrogens with zero attached hydrogens (tertiary/aromatic N) is 1. The molecule has 0 radical (unpaired) electrons. The van der Waals surface area contributed by atoms with Crippen molar-refractivity contribution in [2.24, 2.45) is 0 Å². The molecule has 39 heavy (non-hydrogen) atoms. The number of imide groups is 2. The summed E-state index contributed by atoms with van der Waals surface area (Å²) in [4.78, 5) is 40.1. The number of barbiturate groups is 1. The zero-order valence-electron chi connectivity index (χ0n) is 21.1. The lowest BCUT2D eigenvalue weighted by molar-refractivity contribution is -0.122. The summed E-state index contributed by atoms with van der Waals surface area (Å²) in [6, 6.07) is 24.9. The Bertz CT molecular complexity index is 1580. The molecule has 0 unspecified atom stereocenters. The Morgan fingerprint density at radius 1 is 0.872 bits per heavy atom. The van der Waals surface area contributed by atoms with Crippen LogP contribution in [0.25, 0.3) is 16.8 Å². The zero-order chi connectivity index (χ0) is 27.4. The number of benzene rings is 4. The van der Waals surface area contributed by atoms with Gasteiger partial charge in [-0.2, -0.15) is 0 Å². The Kier molecular flexibility index (Phi) is 7.74. The maximum Gasteiger partial charge on any atom is 0.335 e. The number of amides is 4. The van der Waals surface area contributed by atoms with Crippen LogP contribution in [0.15, 0.2) is 95.0 Å². The van der Waals surface area contributed by atoms with E-state index in [1.807, 2.05) is 67.6 Å². The van der Waals surface area contributed by atoms with Gasteiger partial charge in [0, 0.05) is 10.0 Å². The van der Waals surface area contributed by atoms with Gasteiger partial charge >= 0.3 is 6.03 Å². The van der Waals surface area contributed by atoms with E-state index in [0.717, 1.165) is 32.1 Å². The molecule has 5 rings (SSSR count). The minimum absolute atomic E-state index is 0.164. The highest BCUT2D eigenvalue weighted by atomic mass is 79.9. The van der Waals surface area contributed by atoms with Gasteiger partial charge in [-0.05, 0) is 71.3 Å². The van der Waals surface area contributed by atoms with E-state index in [-0.39, 0.29) is 5.57 Å². The minimum atomic E-state index is -0.814. The van der Waals surface area contributed by atoms with Crippen LogP contribution >= 0.6 is 15.9 Å².